The average molecular weight is 305 g/mol. The first kappa shape index (κ1) is 14.8. The lowest BCUT2D eigenvalue weighted by Crippen LogP contribution is -2.07. The third-order valence-electron chi connectivity index (χ3n) is 3.66. The van der Waals surface area contributed by atoms with Gasteiger partial charge in [0.25, 0.3) is 0 Å². The van der Waals surface area contributed by atoms with Crippen LogP contribution in [0.3, 0.4) is 0 Å². The molecule has 0 aliphatic carbocycles. The highest BCUT2D eigenvalue weighted by Gasteiger charge is 2.01. The van der Waals surface area contributed by atoms with Gasteiger partial charge >= 0.3 is 0 Å². The molecule has 0 fully saturated rings. The van der Waals surface area contributed by atoms with Crippen LogP contribution < -0.4 is 15.5 Å². The van der Waals surface area contributed by atoms with E-state index in [-0.39, 0.29) is 0 Å². The van der Waals surface area contributed by atoms with Gasteiger partial charge in [0, 0.05) is 19.8 Å². The van der Waals surface area contributed by atoms with Gasteiger partial charge in [-0.25, -0.2) is 0 Å². The summed E-state index contributed by atoms with van der Waals surface area (Å²) in [5.74, 6) is 0. The second kappa shape index (κ2) is 6.77. The average Bonchev–Trinajstić information content (AvgIpc) is 2.57. The van der Waals surface area contributed by atoms with Gasteiger partial charge in [0.05, 0.1) is 0 Å². The van der Waals surface area contributed by atoms with Crippen molar-refractivity contribution in [3.8, 4) is 11.1 Å². The molecule has 0 saturated heterocycles. The van der Waals surface area contributed by atoms with Gasteiger partial charge in [-0.2, -0.15) is 0 Å². The summed E-state index contributed by atoms with van der Waals surface area (Å²) in [6.45, 7) is 0. The molecule has 2 heteroatoms. The van der Waals surface area contributed by atoms with E-state index in [0.29, 0.717) is 0 Å². The molecule has 0 aliphatic rings. The monoisotopic (exact) mass is 305 g/mol. The predicted octanol–water partition coefficient (Wildman–Crippen LogP) is 4.05. The van der Waals surface area contributed by atoms with Crippen LogP contribution in [0.15, 0.2) is 78.9 Å². The van der Waals surface area contributed by atoms with Gasteiger partial charge in [-0.1, -0.05) is 75.3 Å². The van der Waals surface area contributed by atoms with Gasteiger partial charge in [-0.15, -0.1) is 0 Å². The zero-order chi connectivity index (χ0) is 15.4. The number of benzene rings is 3. The van der Waals surface area contributed by atoms with Crippen molar-refractivity contribution in [1.29, 1.82) is 0 Å². The maximum absolute atomic E-state index is 2.24. The molecule has 110 valence electrons. The van der Waals surface area contributed by atoms with E-state index in [1.54, 1.807) is 0 Å². The standard InChI is InChI=1S/C20H20NP/c1-21(2)18-12-8-16(9-13-18)17-10-14-20(15-11-17)22-19-6-4-3-5-7-19/h3-15,22H,1-2H3. The fourth-order valence-electron chi connectivity index (χ4n) is 2.39. The minimum Gasteiger partial charge on any atom is -0.378 e. The van der Waals surface area contributed by atoms with Gasteiger partial charge in [0.1, 0.15) is 0 Å². The van der Waals surface area contributed by atoms with Crippen LogP contribution in [0.2, 0.25) is 0 Å². The Balaban J connectivity index is 1.76. The molecule has 0 bridgehead atoms. The summed E-state index contributed by atoms with van der Waals surface area (Å²) in [6, 6.07) is 28.2. The maximum atomic E-state index is 2.24. The number of nitrogens with zero attached hydrogens (tertiary/aromatic N) is 1. The van der Waals surface area contributed by atoms with Gasteiger partial charge in [-0.05, 0) is 33.9 Å². The fraction of sp³-hybridized carbons (Fsp3) is 0.100. The summed E-state index contributed by atoms with van der Waals surface area (Å²) in [4.78, 5) is 2.12. The van der Waals surface area contributed by atoms with E-state index in [0.717, 1.165) is 8.58 Å². The number of hydrogen-bond acceptors (Lipinski definition) is 1. The lowest BCUT2D eigenvalue weighted by atomic mass is 10.1. The summed E-state index contributed by atoms with van der Waals surface area (Å²) in [6.07, 6.45) is 0. The SMILES string of the molecule is CN(C)c1ccc(-c2ccc(Pc3ccccc3)cc2)cc1. The van der Waals surface area contributed by atoms with Crippen molar-refractivity contribution < 1.29 is 0 Å². The Labute approximate surface area is 134 Å². The van der Waals surface area contributed by atoms with Crippen LogP contribution in [0.25, 0.3) is 11.1 Å². The van der Waals surface area contributed by atoms with E-state index in [9.17, 15) is 0 Å². The van der Waals surface area contributed by atoms with Crippen LogP contribution in [-0.2, 0) is 0 Å². The highest BCUT2D eigenvalue weighted by Crippen LogP contribution is 2.22. The van der Waals surface area contributed by atoms with Gasteiger partial charge in [0.15, 0.2) is 0 Å². The molecule has 1 nitrogen and oxygen atoms in total. The first-order chi connectivity index (χ1) is 10.7. The molecule has 1 unspecified atom stereocenters. The van der Waals surface area contributed by atoms with Crippen LogP contribution >= 0.6 is 8.58 Å². The number of anilines is 1. The highest BCUT2D eigenvalue weighted by atomic mass is 31.1. The van der Waals surface area contributed by atoms with E-state index < -0.39 is 0 Å². The number of hydrogen-bond donors (Lipinski definition) is 0. The molecular weight excluding hydrogens is 285 g/mol. The van der Waals surface area contributed by atoms with Crippen molar-refractivity contribution in [2.75, 3.05) is 19.0 Å². The van der Waals surface area contributed by atoms with E-state index in [2.05, 4.69) is 97.9 Å². The smallest absolute Gasteiger partial charge is 0.0361 e. The number of rotatable bonds is 4. The van der Waals surface area contributed by atoms with Gasteiger partial charge < -0.3 is 4.90 Å². The minimum absolute atomic E-state index is 0.719. The summed E-state index contributed by atoms with van der Waals surface area (Å²) in [7, 11) is 4.85. The quantitative estimate of drug-likeness (QED) is 0.657. The van der Waals surface area contributed by atoms with Crippen molar-refractivity contribution in [3.05, 3.63) is 78.9 Å². The molecular formula is C20H20NP. The zero-order valence-electron chi connectivity index (χ0n) is 13.0. The Morgan fingerprint density at radius 3 is 1.64 bits per heavy atom. The first-order valence-electron chi connectivity index (χ1n) is 7.42. The minimum atomic E-state index is 0.719. The molecule has 0 radical (unpaired) electrons. The summed E-state index contributed by atoms with van der Waals surface area (Å²) < 4.78 is 0. The molecule has 22 heavy (non-hydrogen) atoms. The summed E-state index contributed by atoms with van der Waals surface area (Å²) in [5.41, 5.74) is 3.76. The predicted molar refractivity (Wildman–Crippen MR) is 100 cm³/mol. The first-order valence-corrected chi connectivity index (χ1v) is 8.42. The van der Waals surface area contributed by atoms with E-state index in [1.165, 1.54) is 27.4 Å². The lowest BCUT2D eigenvalue weighted by molar-refractivity contribution is 1.13. The molecule has 0 aliphatic heterocycles. The topological polar surface area (TPSA) is 3.24 Å². The van der Waals surface area contributed by atoms with E-state index in [4.69, 9.17) is 0 Å². The molecule has 3 aromatic rings. The maximum Gasteiger partial charge on any atom is 0.0361 e. The normalized spacial score (nSPS) is 11.0. The molecule has 0 aromatic heterocycles. The summed E-state index contributed by atoms with van der Waals surface area (Å²) >= 11 is 0. The second-order valence-electron chi connectivity index (χ2n) is 5.51. The van der Waals surface area contributed by atoms with Crippen LogP contribution in [-0.4, -0.2) is 14.1 Å². The van der Waals surface area contributed by atoms with E-state index in [1.807, 2.05) is 0 Å². The van der Waals surface area contributed by atoms with Crippen molar-refractivity contribution in [3.63, 3.8) is 0 Å². The van der Waals surface area contributed by atoms with Crippen molar-refractivity contribution >= 4 is 24.9 Å². The van der Waals surface area contributed by atoms with Gasteiger partial charge in [0.2, 0.25) is 0 Å². The highest BCUT2D eigenvalue weighted by molar-refractivity contribution is 7.55. The Morgan fingerprint density at radius 2 is 1.09 bits per heavy atom. The Kier molecular flexibility index (Phi) is 4.56. The molecule has 0 amide bonds. The second-order valence-corrected chi connectivity index (χ2v) is 6.91. The van der Waals surface area contributed by atoms with Gasteiger partial charge in [-0.3, -0.25) is 0 Å². The third kappa shape index (κ3) is 3.55. The molecule has 0 heterocycles. The largest absolute Gasteiger partial charge is 0.378 e. The lowest BCUT2D eigenvalue weighted by Gasteiger charge is -2.13. The molecule has 3 rings (SSSR count). The Hall–Kier alpha value is -2.11. The van der Waals surface area contributed by atoms with Crippen molar-refractivity contribution in [2.45, 2.75) is 0 Å². The van der Waals surface area contributed by atoms with Crippen LogP contribution in [0.5, 0.6) is 0 Å². The molecule has 0 N–H and O–H groups in total. The van der Waals surface area contributed by atoms with Crippen LogP contribution in [0.1, 0.15) is 0 Å². The van der Waals surface area contributed by atoms with E-state index >= 15 is 0 Å². The van der Waals surface area contributed by atoms with Crippen LogP contribution in [0, 0.1) is 0 Å². The molecule has 1 atom stereocenters. The zero-order valence-corrected chi connectivity index (χ0v) is 14.0. The Bertz CT molecular complexity index is 716. The van der Waals surface area contributed by atoms with Crippen molar-refractivity contribution in [1.82, 2.24) is 0 Å². The molecule has 0 spiro atoms. The summed E-state index contributed by atoms with van der Waals surface area (Å²) in [5, 5.41) is 2.76. The third-order valence-corrected chi connectivity index (χ3v) is 4.91. The molecule has 0 saturated carbocycles. The fourth-order valence-corrected chi connectivity index (χ4v) is 3.41. The van der Waals surface area contributed by atoms with Crippen molar-refractivity contribution in [2.24, 2.45) is 0 Å². The molecule has 3 aromatic carbocycles. The Morgan fingerprint density at radius 1 is 0.591 bits per heavy atom. The van der Waals surface area contributed by atoms with Crippen LogP contribution in [0.4, 0.5) is 5.69 Å².